The molecule has 19 heavy (non-hydrogen) atoms. The number of rotatable bonds is 4. The zero-order valence-corrected chi connectivity index (χ0v) is 10.9. The Balaban J connectivity index is 2.40. The van der Waals surface area contributed by atoms with Crippen LogP contribution in [0.5, 0.6) is 0 Å². The highest BCUT2D eigenvalue weighted by Crippen LogP contribution is 2.34. The van der Waals surface area contributed by atoms with Gasteiger partial charge in [0.15, 0.2) is 0 Å². The van der Waals surface area contributed by atoms with E-state index in [9.17, 15) is 9.90 Å². The summed E-state index contributed by atoms with van der Waals surface area (Å²) in [4.78, 5) is 13.4. The number of nitrogens with two attached hydrogens (primary N) is 1. The first-order valence-electron chi connectivity index (χ1n) is 6.64. The maximum atomic E-state index is 11.3. The zero-order valence-electron chi connectivity index (χ0n) is 10.9. The third kappa shape index (κ3) is 2.81. The molecule has 5 heteroatoms. The van der Waals surface area contributed by atoms with Crippen molar-refractivity contribution in [2.24, 2.45) is 0 Å². The molecule has 0 aliphatic carbocycles. The van der Waals surface area contributed by atoms with E-state index in [1.54, 1.807) is 18.2 Å². The molecule has 1 aromatic rings. The number of para-hydroxylation sites is 1. The molecule has 1 aromatic carbocycles. The fraction of sp³-hybridized carbons (Fsp3) is 0.500. The van der Waals surface area contributed by atoms with E-state index in [-0.39, 0.29) is 18.2 Å². The van der Waals surface area contributed by atoms with Crippen molar-refractivity contribution in [2.75, 3.05) is 23.8 Å². The molecule has 0 spiro atoms. The molecule has 1 heterocycles. The third-order valence-corrected chi connectivity index (χ3v) is 3.67. The lowest BCUT2D eigenvalue weighted by molar-refractivity contribution is 0.0697. The maximum Gasteiger partial charge on any atom is 0.337 e. The number of carbonyl (C=O) groups is 1. The predicted octanol–water partition coefficient (Wildman–Crippen LogP) is 1.71. The molecule has 5 nitrogen and oxygen atoms in total. The monoisotopic (exact) mass is 264 g/mol. The Morgan fingerprint density at radius 1 is 1.42 bits per heavy atom. The summed E-state index contributed by atoms with van der Waals surface area (Å²) in [5.41, 5.74) is 7.32. The molecule has 0 bridgehead atoms. The fourth-order valence-corrected chi connectivity index (χ4v) is 2.80. The second-order valence-electron chi connectivity index (χ2n) is 4.90. The molecular weight excluding hydrogens is 244 g/mol. The average molecular weight is 264 g/mol. The molecule has 4 N–H and O–H groups in total. The van der Waals surface area contributed by atoms with Gasteiger partial charge in [0, 0.05) is 19.2 Å². The van der Waals surface area contributed by atoms with Crippen molar-refractivity contribution < 1.29 is 15.0 Å². The Hall–Kier alpha value is -1.75. The number of nitrogen functional groups attached to an aromatic ring is 1. The summed E-state index contributed by atoms with van der Waals surface area (Å²) in [7, 11) is 0. The Bertz CT molecular complexity index is 460. The van der Waals surface area contributed by atoms with Crippen LogP contribution in [0.1, 0.15) is 36.0 Å². The highest BCUT2D eigenvalue weighted by atomic mass is 16.4. The van der Waals surface area contributed by atoms with Crippen LogP contribution in [0, 0.1) is 0 Å². The first kappa shape index (κ1) is 13.7. The van der Waals surface area contributed by atoms with Gasteiger partial charge in [-0.3, -0.25) is 0 Å². The molecule has 104 valence electrons. The number of carboxylic acid groups (broad SMARTS) is 1. The summed E-state index contributed by atoms with van der Waals surface area (Å²) in [6.07, 6.45) is 3.74. The van der Waals surface area contributed by atoms with Crippen LogP contribution in [-0.2, 0) is 0 Å². The van der Waals surface area contributed by atoms with Gasteiger partial charge in [0.1, 0.15) is 0 Å². The molecule has 1 saturated heterocycles. The number of benzene rings is 1. The van der Waals surface area contributed by atoms with Crippen molar-refractivity contribution in [3.05, 3.63) is 23.8 Å². The highest BCUT2D eigenvalue weighted by molar-refractivity contribution is 5.98. The van der Waals surface area contributed by atoms with E-state index in [1.165, 1.54) is 0 Å². The van der Waals surface area contributed by atoms with Gasteiger partial charge in [-0.05, 0) is 37.8 Å². The van der Waals surface area contributed by atoms with E-state index >= 15 is 0 Å². The molecule has 1 fully saturated rings. The summed E-state index contributed by atoms with van der Waals surface area (Å²) >= 11 is 0. The molecule has 0 saturated carbocycles. The van der Waals surface area contributed by atoms with Crippen molar-refractivity contribution in [3.63, 3.8) is 0 Å². The van der Waals surface area contributed by atoms with Gasteiger partial charge < -0.3 is 20.8 Å². The SMILES string of the molecule is Nc1cccc(C(=O)O)c1N1CCCCC1CCO. The Morgan fingerprint density at radius 3 is 2.89 bits per heavy atom. The topological polar surface area (TPSA) is 86.8 Å². The van der Waals surface area contributed by atoms with Crippen LogP contribution in [-0.4, -0.2) is 35.4 Å². The van der Waals surface area contributed by atoms with Crippen LogP contribution < -0.4 is 10.6 Å². The fourth-order valence-electron chi connectivity index (χ4n) is 2.80. The average Bonchev–Trinajstić information content (AvgIpc) is 2.40. The van der Waals surface area contributed by atoms with Gasteiger partial charge in [0.05, 0.1) is 16.9 Å². The summed E-state index contributed by atoms with van der Waals surface area (Å²) in [6, 6.07) is 5.14. The highest BCUT2D eigenvalue weighted by Gasteiger charge is 2.27. The first-order valence-corrected chi connectivity index (χ1v) is 6.64. The molecular formula is C14H20N2O3. The standard InChI is InChI=1S/C14H20N2O3/c15-12-6-3-5-11(14(18)19)13(12)16-8-2-1-4-10(16)7-9-17/h3,5-6,10,17H,1-2,4,7-9,15H2,(H,18,19). The third-order valence-electron chi connectivity index (χ3n) is 3.67. The molecule has 2 rings (SSSR count). The Kier molecular flexibility index (Phi) is 4.27. The smallest absolute Gasteiger partial charge is 0.337 e. The van der Waals surface area contributed by atoms with E-state index in [1.807, 2.05) is 0 Å². The summed E-state index contributed by atoms with van der Waals surface area (Å²) in [5.74, 6) is -0.962. The van der Waals surface area contributed by atoms with Gasteiger partial charge in [-0.1, -0.05) is 6.07 Å². The van der Waals surface area contributed by atoms with Gasteiger partial charge in [-0.2, -0.15) is 0 Å². The van der Waals surface area contributed by atoms with Crippen molar-refractivity contribution in [2.45, 2.75) is 31.7 Å². The molecule has 0 amide bonds. The zero-order chi connectivity index (χ0) is 13.8. The summed E-state index contributed by atoms with van der Waals surface area (Å²) < 4.78 is 0. The second-order valence-corrected chi connectivity index (χ2v) is 4.90. The van der Waals surface area contributed by atoms with Crippen LogP contribution in [0.4, 0.5) is 11.4 Å². The number of aliphatic hydroxyl groups is 1. The number of piperidine rings is 1. The lowest BCUT2D eigenvalue weighted by Crippen LogP contribution is -2.41. The van der Waals surface area contributed by atoms with Crippen LogP contribution in [0.25, 0.3) is 0 Å². The van der Waals surface area contributed by atoms with E-state index in [0.717, 1.165) is 25.8 Å². The predicted molar refractivity (Wildman–Crippen MR) is 74.5 cm³/mol. The maximum absolute atomic E-state index is 11.3. The molecule has 0 radical (unpaired) electrons. The minimum atomic E-state index is -0.962. The van der Waals surface area contributed by atoms with E-state index in [4.69, 9.17) is 10.8 Å². The van der Waals surface area contributed by atoms with Gasteiger partial charge in [-0.15, -0.1) is 0 Å². The largest absolute Gasteiger partial charge is 0.478 e. The quantitative estimate of drug-likeness (QED) is 0.721. The van der Waals surface area contributed by atoms with Gasteiger partial charge in [0.2, 0.25) is 0 Å². The van der Waals surface area contributed by atoms with Crippen molar-refractivity contribution in [3.8, 4) is 0 Å². The number of nitrogens with zero attached hydrogens (tertiary/aromatic N) is 1. The Labute approximate surface area is 112 Å². The molecule has 1 aliphatic rings. The molecule has 0 aromatic heterocycles. The second kappa shape index (κ2) is 5.93. The lowest BCUT2D eigenvalue weighted by Gasteiger charge is -2.38. The van der Waals surface area contributed by atoms with Gasteiger partial charge in [0.25, 0.3) is 0 Å². The van der Waals surface area contributed by atoms with Crippen molar-refractivity contribution in [1.82, 2.24) is 0 Å². The van der Waals surface area contributed by atoms with E-state index in [2.05, 4.69) is 4.90 Å². The Morgan fingerprint density at radius 2 is 2.21 bits per heavy atom. The van der Waals surface area contributed by atoms with Crippen LogP contribution >= 0.6 is 0 Å². The number of carboxylic acids is 1. The van der Waals surface area contributed by atoms with E-state index in [0.29, 0.717) is 17.8 Å². The van der Waals surface area contributed by atoms with Crippen LogP contribution in [0.15, 0.2) is 18.2 Å². The number of hydrogen-bond donors (Lipinski definition) is 3. The molecule has 1 atom stereocenters. The number of hydrogen-bond acceptors (Lipinski definition) is 4. The molecule has 1 unspecified atom stereocenters. The minimum absolute atomic E-state index is 0.107. The van der Waals surface area contributed by atoms with Crippen LogP contribution in [0.2, 0.25) is 0 Å². The van der Waals surface area contributed by atoms with Crippen molar-refractivity contribution >= 4 is 17.3 Å². The summed E-state index contributed by atoms with van der Waals surface area (Å²) in [6.45, 7) is 0.898. The van der Waals surface area contributed by atoms with Gasteiger partial charge >= 0.3 is 5.97 Å². The molecule has 1 aliphatic heterocycles. The van der Waals surface area contributed by atoms with Crippen molar-refractivity contribution in [1.29, 1.82) is 0 Å². The number of aromatic carboxylic acids is 1. The number of anilines is 2. The normalized spacial score (nSPS) is 19.4. The van der Waals surface area contributed by atoms with E-state index < -0.39 is 5.97 Å². The lowest BCUT2D eigenvalue weighted by atomic mass is 9.97. The summed E-state index contributed by atoms with van der Waals surface area (Å²) in [5, 5.41) is 18.5. The first-order chi connectivity index (χ1) is 9.15. The van der Waals surface area contributed by atoms with Crippen LogP contribution in [0.3, 0.4) is 0 Å². The minimum Gasteiger partial charge on any atom is -0.478 e. The van der Waals surface area contributed by atoms with Gasteiger partial charge in [-0.25, -0.2) is 4.79 Å². The number of aliphatic hydroxyl groups excluding tert-OH is 1.